The molecule has 2 rings (SSSR count). The third kappa shape index (κ3) is 4.40. The molecule has 0 bridgehead atoms. The van der Waals surface area contributed by atoms with Gasteiger partial charge in [0.05, 0.1) is 17.0 Å². The van der Waals surface area contributed by atoms with E-state index in [9.17, 15) is 0 Å². The van der Waals surface area contributed by atoms with Gasteiger partial charge in [0.2, 0.25) is 0 Å². The topological polar surface area (TPSA) is 30.5 Å². The number of nitrogens with one attached hydrogen (secondary N) is 1. The molecule has 1 aromatic carbocycles. The van der Waals surface area contributed by atoms with Crippen LogP contribution in [0.5, 0.6) is 5.75 Å². The number of anilines is 1. The van der Waals surface area contributed by atoms with Crippen molar-refractivity contribution in [3.05, 3.63) is 45.6 Å². The van der Waals surface area contributed by atoms with E-state index < -0.39 is 0 Å². The Kier molecular flexibility index (Phi) is 5.71. The molecule has 0 fully saturated rings. The highest BCUT2D eigenvalue weighted by atomic mass is 35.5. The first-order chi connectivity index (χ1) is 9.69. The maximum Gasteiger partial charge on any atom is 0.119 e. The Morgan fingerprint density at radius 2 is 1.90 bits per heavy atom. The van der Waals surface area contributed by atoms with Crippen molar-refractivity contribution >= 4 is 28.6 Å². The average molecular weight is 312 g/mol. The Balaban J connectivity index is 1.90. The van der Waals surface area contributed by atoms with Crippen LogP contribution in [0.3, 0.4) is 0 Å². The summed E-state index contributed by atoms with van der Waals surface area (Å²) in [5.74, 6) is 0.847. The highest BCUT2D eigenvalue weighted by Crippen LogP contribution is 2.29. The Labute approximate surface area is 128 Å². The minimum Gasteiger partial charge on any atom is -0.491 e. The molecule has 5 heteroatoms. The second-order valence-electron chi connectivity index (χ2n) is 4.37. The first kappa shape index (κ1) is 15.2. The van der Waals surface area contributed by atoms with E-state index in [0.717, 1.165) is 15.8 Å². The zero-order valence-electron chi connectivity index (χ0n) is 11.6. The Morgan fingerprint density at radius 3 is 2.50 bits per heavy atom. The van der Waals surface area contributed by atoms with E-state index in [2.05, 4.69) is 12.2 Å². The van der Waals surface area contributed by atoms with Crippen LogP contribution in [-0.2, 0) is 4.74 Å². The molecule has 1 heterocycles. The highest BCUT2D eigenvalue weighted by molar-refractivity contribution is 7.16. The van der Waals surface area contributed by atoms with Gasteiger partial charge >= 0.3 is 0 Å². The molecule has 0 saturated carbocycles. The van der Waals surface area contributed by atoms with Crippen LogP contribution in [0.4, 0.5) is 5.69 Å². The first-order valence-corrected chi connectivity index (χ1v) is 7.62. The highest BCUT2D eigenvalue weighted by Gasteiger charge is 2.08. The van der Waals surface area contributed by atoms with Crippen molar-refractivity contribution < 1.29 is 9.47 Å². The average Bonchev–Trinajstić information content (AvgIpc) is 2.88. The van der Waals surface area contributed by atoms with Crippen molar-refractivity contribution in [1.29, 1.82) is 0 Å². The molecule has 108 valence electrons. The van der Waals surface area contributed by atoms with Crippen molar-refractivity contribution in [3.8, 4) is 5.75 Å². The summed E-state index contributed by atoms with van der Waals surface area (Å²) in [5.41, 5.74) is 1.06. The van der Waals surface area contributed by atoms with Gasteiger partial charge in [-0.15, -0.1) is 11.3 Å². The molecule has 20 heavy (non-hydrogen) atoms. The first-order valence-electron chi connectivity index (χ1n) is 6.42. The Bertz CT molecular complexity index is 527. The summed E-state index contributed by atoms with van der Waals surface area (Å²) in [6, 6.07) is 12.1. The zero-order valence-corrected chi connectivity index (χ0v) is 13.1. The molecule has 0 spiro atoms. The standard InChI is InChI=1S/C15H18ClNO2S/c1-11(14-7-8-15(16)20-14)17-12-3-5-13(6-4-12)19-10-9-18-2/h3-8,11,17H,9-10H2,1-2H3. The summed E-state index contributed by atoms with van der Waals surface area (Å²) in [4.78, 5) is 1.22. The molecule has 1 unspecified atom stereocenters. The Morgan fingerprint density at radius 1 is 1.15 bits per heavy atom. The SMILES string of the molecule is COCCOc1ccc(NC(C)c2ccc(Cl)s2)cc1. The van der Waals surface area contributed by atoms with Crippen molar-refractivity contribution in [2.24, 2.45) is 0 Å². The lowest BCUT2D eigenvalue weighted by Crippen LogP contribution is -2.06. The van der Waals surface area contributed by atoms with Crippen LogP contribution < -0.4 is 10.1 Å². The van der Waals surface area contributed by atoms with Gasteiger partial charge < -0.3 is 14.8 Å². The number of ether oxygens (including phenoxy) is 2. The van der Waals surface area contributed by atoms with Crippen LogP contribution in [0, 0.1) is 0 Å². The minimum atomic E-state index is 0.229. The van der Waals surface area contributed by atoms with Crippen molar-refractivity contribution in [2.45, 2.75) is 13.0 Å². The number of hydrogen-bond donors (Lipinski definition) is 1. The molecule has 3 nitrogen and oxygen atoms in total. The quantitative estimate of drug-likeness (QED) is 0.758. The fraction of sp³-hybridized carbons (Fsp3) is 0.333. The lowest BCUT2D eigenvalue weighted by atomic mass is 10.2. The van der Waals surface area contributed by atoms with Crippen LogP contribution in [0.1, 0.15) is 17.8 Å². The molecule has 0 saturated heterocycles. The van der Waals surface area contributed by atoms with Crippen molar-refractivity contribution in [3.63, 3.8) is 0 Å². The lowest BCUT2D eigenvalue weighted by molar-refractivity contribution is 0.146. The van der Waals surface area contributed by atoms with E-state index in [-0.39, 0.29) is 6.04 Å². The van der Waals surface area contributed by atoms with E-state index in [1.165, 1.54) is 4.88 Å². The maximum absolute atomic E-state index is 5.95. The molecule has 1 N–H and O–H groups in total. The van der Waals surface area contributed by atoms with Crippen molar-refractivity contribution in [1.82, 2.24) is 0 Å². The van der Waals surface area contributed by atoms with E-state index in [4.69, 9.17) is 21.1 Å². The van der Waals surface area contributed by atoms with Gasteiger partial charge in [0, 0.05) is 17.7 Å². The smallest absolute Gasteiger partial charge is 0.119 e. The van der Waals surface area contributed by atoms with Crippen LogP contribution >= 0.6 is 22.9 Å². The molecule has 1 aromatic heterocycles. The minimum absolute atomic E-state index is 0.229. The predicted molar refractivity (Wildman–Crippen MR) is 85.2 cm³/mol. The molecular formula is C15H18ClNO2S. The van der Waals surface area contributed by atoms with Crippen LogP contribution in [0.2, 0.25) is 4.34 Å². The molecule has 0 aliphatic heterocycles. The third-order valence-electron chi connectivity index (χ3n) is 2.81. The number of rotatable bonds is 7. The molecule has 0 radical (unpaired) electrons. The molecule has 0 aliphatic rings. The second-order valence-corrected chi connectivity index (χ2v) is 6.12. The number of thiophene rings is 1. The van der Waals surface area contributed by atoms with E-state index in [1.807, 2.05) is 36.4 Å². The van der Waals surface area contributed by atoms with Gasteiger partial charge in [-0.1, -0.05) is 11.6 Å². The van der Waals surface area contributed by atoms with E-state index >= 15 is 0 Å². The fourth-order valence-corrected chi connectivity index (χ4v) is 2.84. The van der Waals surface area contributed by atoms with Crippen LogP contribution in [0.15, 0.2) is 36.4 Å². The summed E-state index contributed by atoms with van der Waals surface area (Å²) in [6.07, 6.45) is 0. The van der Waals surface area contributed by atoms with Gasteiger partial charge in [0.25, 0.3) is 0 Å². The predicted octanol–water partition coefficient (Wildman–Crippen LogP) is 4.60. The number of hydrogen-bond acceptors (Lipinski definition) is 4. The number of methoxy groups -OCH3 is 1. The third-order valence-corrected chi connectivity index (χ3v) is 4.23. The summed E-state index contributed by atoms with van der Waals surface area (Å²) in [5, 5.41) is 3.44. The largest absolute Gasteiger partial charge is 0.491 e. The zero-order chi connectivity index (χ0) is 14.4. The Hall–Kier alpha value is -1.23. The second kappa shape index (κ2) is 7.53. The molecule has 2 aromatic rings. The molecule has 0 amide bonds. The van der Waals surface area contributed by atoms with Gasteiger partial charge in [-0.2, -0.15) is 0 Å². The monoisotopic (exact) mass is 311 g/mol. The van der Waals surface area contributed by atoms with Gasteiger partial charge in [-0.3, -0.25) is 0 Å². The van der Waals surface area contributed by atoms with Crippen molar-refractivity contribution in [2.75, 3.05) is 25.6 Å². The summed E-state index contributed by atoms with van der Waals surface area (Å²) in [6.45, 7) is 3.27. The van der Waals surface area contributed by atoms with Gasteiger partial charge in [-0.25, -0.2) is 0 Å². The summed E-state index contributed by atoms with van der Waals surface area (Å²) >= 11 is 7.55. The van der Waals surface area contributed by atoms with E-state index in [1.54, 1.807) is 18.4 Å². The van der Waals surface area contributed by atoms with Gasteiger partial charge in [0.15, 0.2) is 0 Å². The number of halogens is 1. The lowest BCUT2D eigenvalue weighted by Gasteiger charge is -2.14. The molecule has 1 atom stereocenters. The van der Waals surface area contributed by atoms with Gasteiger partial charge in [-0.05, 0) is 43.3 Å². The van der Waals surface area contributed by atoms with E-state index in [0.29, 0.717) is 13.2 Å². The summed E-state index contributed by atoms with van der Waals surface area (Å²) in [7, 11) is 1.66. The summed E-state index contributed by atoms with van der Waals surface area (Å²) < 4.78 is 11.3. The molecule has 0 aliphatic carbocycles. The normalized spacial score (nSPS) is 12.2. The van der Waals surface area contributed by atoms with Gasteiger partial charge in [0.1, 0.15) is 12.4 Å². The van der Waals surface area contributed by atoms with Crippen LogP contribution in [-0.4, -0.2) is 20.3 Å². The fourth-order valence-electron chi connectivity index (χ4n) is 1.77. The molecular weight excluding hydrogens is 294 g/mol. The number of benzene rings is 1. The van der Waals surface area contributed by atoms with Crippen LogP contribution in [0.25, 0.3) is 0 Å². The maximum atomic E-state index is 5.95.